The van der Waals surface area contributed by atoms with E-state index in [0.29, 0.717) is 59.8 Å². The molecule has 1 aliphatic rings. The van der Waals surface area contributed by atoms with Gasteiger partial charge in [0.2, 0.25) is 15.9 Å². The molecule has 0 aromatic heterocycles. The Balaban J connectivity index is 1.86. The van der Waals surface area contributed by atoms with Crippen LogP contribution < -0.4 is 10.6 Å². The third-order valence-electron chi connectivity index (χ3n) is 5.12. The van der Waals surface area contributed by atoms with Gasteiger partial charge in [0.1, 0.15) is 0 Å². The Morgan fingerprint density at radius 2 is 1.78 bits per heavy atom. The molecule has 0 radical (unpaired) electrons. The predicted molar refractivity (Wildman–Crippen MR) is 128 cm³/mol. The number of benzene rings is 2. The lowest BCUT2D eigenvalue weighted by Crippen LogP contribution is -2.40. The SMILES string of the molecule is CCCCNc1ccc(S(=O)(=O)N2CCOCC2)cc1NC(=O)Cc1c(Cl)cccc1Cl. The first-order chi connectivity index (χ1) is 15.3. The summed E-state index contributed by atoms with van der Waals surface area (Å²) in [6.45, 7) is 4.09. The van der Waals surface area contributed by atoms with E-state index in [9.17, 15) is 13.2 Å². The summed E-state index contributed by atoms with van der Waals surface area (Å²) in [5.41, 5.74) is 1.56. The summed E-state index contributed by atoms with van der Waals surface area (Å²) >= 11 is 12.4. The van der Waals surface area contributed by atoms with Crippen molar-refractivity contribution >= 4 is 50.5 Å². The lowest BCUT2D eigenvalue weighted by Gasteiger charge is -2.26. The molecule has 10 heteroatoms. The fourth-order valence-corrected chi connectivity index (χ4v) is 5.30. The quantitative estimate of drug-likeness (QED) is 0.499. The van der Waals surface area contributed by atoms with Crippen LogP contribution in [0.4, 0.5) is 11.4 Å². The van der Waals surface area contributed by atoms with Crippen LogP contribution in [0, 0.1) is 0 Å². The number of hydrogen-bond donors (Lipinski definition) is 2. The van der Waals surface area contributed by atoms with Gasteiger partial charge in [-0.3, -0.25) is 4.79 Å². The molecule has 1 amide bonds. The first kappa shape index (κ1) is 24.8. The zero-order valence-corrected chi connectivity index (χ0v) is 20.2. The van der Waals surface area contributed by atoms with Gasteiger partial charge >= 0.3 is 0 Å². The summed E-state index contributed by atoms with van der Waals surface area (Å²) < 4.78 is 32.8. The highest BCUT2D eigenvalue weighted by atomic mass is 35.5. The van der Waals surface area contributed by atoms with Crippen molar-refractivity contribution in [3.05, 3.63) is 52.0 Å². The third kappa shape index (κ3) is 6.14. The van der Waals surface area contributed by atoms with E-state index < -0.39 is 10.0 Å². The highest BCUT2D eigenvalue weighted by molar-refractivity contribution is 7.89. The van der Waals surface area contributed by atoms with E-state index >= 15 is 0 Å². The largest absolute Gasteiger partial charge is 0.383 e. The fourth-order valence-electron chi connectivity index (χ4n) is 3.33. The Morgan fingerprint density at radius 1 is 1.09 bits per heavy atom. The van der Waals surface area contributed by atoms with E-state index in [2.05, 4.69) is 17.6 Å². The summed E-state index contributed by atoms with van der Waals surface area (Å²) in [6, 6.07) is 9.78. The van der Waals surface area contributed by atoms with Crippen molar-refractivity contribution in [3.63, 3.8) is 0 Å². The Bertz CT molecular complexity index is 1040. The lowest BCUT2D eigenvalue weighted by molar-refractivity contribution is -0.115. The van der Waals surface area contributed by atoms with Gasteiger partial charge < -0.3 is 15.4 Å². The Hall–Kier alpha value is -1.84. The molecule has 174 valence electrons. The molecule has 1 aliphatic heterocycles. The first-order valence-electron chi connectivity index (χ1n) is 10.5. The van der Waals surface area contributed by atoms with Crippen molar-refractivity contribution in [2.45, 2.75) is 31.1 Å². The number of sulfonamides is 1. The molecule has 2 N–H and O–H groups in total. The number of unbranched alkanes of at least 4 members (excludes halogenated alkanes) is 1. The predicted octanol–water partition coefficient (Wildman–Crippen LogP) is 4.41. The average molecular weight is 500 g/mol. The van der Waals surface area contributed by atoms with Gasteiger partial charge in [0.05, 0.1) is 35.9 Å². The van der Waals surface area contributed by atoms with E-state index in [-0.39, 0.29) is 17.2 Å². The molecule has 0 aliphatic carbocycles. The minimum absolute atomic E-state index is 0.0344. The second-order valence-electron chi connectivity index (χ2n) is 7.43. The minimum atomic E-state index is -3.70. The number of carbonyl (C=O) groups is 1. The molecule has 3 rings (SSSR count). The zero-order valence-electron chi connectivity index (χ0n) is 17.9. The summed E-state index contributed by atoms with van der Waals surface area (Å²) in [7, 11) is -3.70. The van der Waals surface area contributed by atoms with Crippen LogP contribution in [0.25, 0.3) is 0 Å². The molecule has 1 saturated heterocycles. The Kier molecular flexibility index (Phi) is 8.79. The van der Waals surface area contributed by atoms with Gasteiger partial charge in [-0.2, -0.15) is 4.31 Å². The molecule has 0 atom stereocenters. The number of morpholine rings is 1. The average Bonchev–Trinajstić information content (AvgIpc) is 2.78. The van der Waals surface area contributed by atoms with Gasteiger partial charge in [0.15, 0.2) is 0 Å². The van der Waals surface area contributed by atoms with Crippen LogP contribution in [0.2, 0.25) is 10.0 Å². The van der Waals surface area contributed by atoms with Gasteiger partial charge in [-0.1, -0.05) is 42.6 Å². The smallest absolute Gasteiger partial charge is 0.243 e. The van der Waals surface area contributed by atoms with Crippen LogP contribution in [-0.4, -0.2) is 51.5 Å². The summed E-state index contributed by atoms with van der Waals surface area (Å²) in [5.74, 6) is -0.348. The number of halogens is 2. The number of amides is 1. The van der Waals surface area contributed by atoms with Gasteiger partial charge in [0.25, 0.3) is 0 Å². The van der Waals surface area contributed by atoms with Crippen molar-refractivity contribution in [1.29, 1.82) is 0 Å². The number of nitrogens with zero attached hydrogens (tertiary/aromatic N) is 1. The van der Waals surface area contributed by atoms with Crippen LogP contribution >= 0.6 is 23.2 Å². The molecular weight excluding hydrogens is 473 g/mol. The summed E-state index contributed by atoms with van der Waals surface area (Å²) in [5, 5.41) is 6.90. The number of hydrogen-bond acceptors (Lipinski definition) is 5. The molecule has 0 unspecified atom stereocenters. The molecule has 2 aromatic carbocycles. The zero-order chi connectivity index (χ0) is 23.1. The molecule has 1 fully saturated rings. The summed E-state index contributed by atoms with van der Waals surface area (Å²) in [6.07, 6.45) is 1.91. The van der Waals surface area contributed by atoms with Crippen LogP contribution in [0.3, 0.4) is 0 Å². The first-order valence-corrected chi connectivity index (χ1v) is 12.7. The van der Waals surface area contributed by atoms with Crippen molar-refractivity contribution in [2.75, 3.05) is 43.5 Å². The maximum absolute atomic E-state index is 13.1. The van der Waals surface area contributed by atoms with Gasteiger partial charge in [-0.25, -0.2) is 8.42 Å². The van der Waals surface area contributed by atoms with Crippen LogP contribution in [0.5, 0.6) is 0 Å². The fraction of sp³-hybridized carbons (Fsp3) is 0.409. The van der Waals surface area contributed by atoms with Crippen molar-refractivity contribution in [1.82, 2.24) is 4.31 Å². The van der Waals surface area contributed by atoms with Crippen LogP contribution in [0.15, 0.2) is 41.3 Å². The maximum atomic E-state index is 13.1. The van der Waals surface area contributed by atoms with E-state index in [1.165, 1.54) is 10.4 Å². The Labute approximate surface area is 199 Å². The molecule has 0 saturated carbocycles. The third-order valence-corrected chi connectivity index (χ3v) is 7.72. The number of rotatable bonds is 9. The van der Waals surface area contributed by atoms with E-state index in [4.69, 9.17) is 27.9 Å². The van der Waals surface area contributed by atoms with E-state index in [0.717, 1.165) is 12.8 Å². The number of nitrogens with one attached hydrogen (secondary N) is 2. The molecule has 0 bridgehead atoms. The van der Waals surface area contributed by atoms with Crippen LogP contribution in [0.1, 0.15) is 25.3 Å². The number of ether oxygens (including phenoxy) is 1. The Morgan fingerprint density at radius 3 is 2.44 bits per heavy atom. The second-order valence-corrected chi connectivity index (χ2v) is 10.2. The standard InChI is InChI=1S/C22H27Cl2N3O4S/c1-2-3-9-25-20-8-7-16(32(29,30)27-10-12-31-13-11-27)14-21(20)26-22(28)15-17-18(23)5-4-6-19(17)24/h4-8,14,25H,2-3,9-13,15H2,1H3,(H,26,28). The maximum Gasteiger partial charge on any atom is 0.243 e. The molecule has 2 aromatic rings. The molecular formula is C22H27Cl2N3O4S. The van der Waals surface area contributed by atoms with E-state index in [1.807, 2.05) is 0 Å². The van der Waals surface area contributed by atoms with Crippen molar-refractivity contribution in [3.8, 4) is 0 Å². The van der Waals surface area contributed by atoms with E-state index in [1.54, 1.807) is 30.3 Å². The number of anilines is 2. The normalized spacial score (nSPS) is 14.8. The minimum Gasteiger partial charge on any atom is -0.383 e. The summed E-state index contributed by atoms with van der Waals surface area (Å²) in [4.78, 5) is 12.9. The molecule has 0 spiro atoms. The highest BCUT2D eigenvalue weighted by Crippen LogP contribution is 2.29. The number of carbonyl (C=O) groups excluding carboxylic acids is 1. The highest BCUT2D eigenvalue weighted by Gasteiger charge is 2.27. The van der Waals surface area contributed by atoms with Crippen molar-refractivity contribution < 1.29 is 17.9 Å². The monoisotopic (exact) mass is 499 g/mol. The lowest BCUT2D eigenvalue weighted by atomic mass is 10.1. The van der Waals surface area contributed by atoms with Gasteiger partial charge in [-0.15, -0.1) is 0 Å². The molecule has 7 nitrogen and oxygen atoms in total. The van der Waals surface area contributed by atoms with Crippen molar-refractivity contribution in [2.24, 2.45) is 0 Å². The second kappa shape index (κ2) is 11.3. The van der Waals surface area contributed by atoms with Crippen LogP contribution in [-0.2, 0) is 26.0 Å². The van der Waals surface area contributed by atoms with Gasteiger partial charge in [-0.05, 0) is 42.3 Å². The molecule has 32 heavy (non-hydrogen) atoms. The molecule has 1 heterocycles. The van der Waals surface area contributed by atoms with Gasteiger partial charge in [0, 0.05) is 29.7 Å². The topological polar surface area (TPSA) is 87.7 Å².